The Hall–Kier alpha value is -3.73. The molecule has 0 amide bonds. The molecule has 0 saturated heterocycles. The van der Waals surface area contributed by atoms with Crippen molar-refractivity contribution in [1.82, 2.24) is 9.55 Å². The summed E-state index contributed by atoms with van der Waals surface area (Å²) in [5, 5.41) is 12.4. The van der Waals surface area contributed by atoms with Crippen LogP contribution < -0.4 is 15.6 Å². The fourth-order valence-electron chi connectivity index (χ4n) is 3.18. The van der Waals surface area contributed by atoms with Gasteiger partial charge >= 0.3 is 5.97 Å². The molecular weight excluding hydrogens is 451 g/mol. The van der Waals surface area contributed by atoms with E-state index in [1.807, 2.05) is 0 Å². The molecule has 174 valence electrons. The molecule has 11 heteroatoms. The standard InChI is InChI=1S/C22H23FN4O5S/c1-4-33(31,32)26-19-11-14(7-8-24-19)10-15-12-16(22(29)30)20(27(3)21(15)28)25-18-6-5-13(2)9-17(18)23/h5-9,11-12,25H,4,10H2,1-3H3,(H,24,26)(H,29,30). The molecule has 0 aliphatic rings. The molecule has 9 nitrogen and oxygen atoms in total. The molecular formula is C22H23FN4O5S. The van der Waals surface area contributed by atoms with Crippen molar-refractivity contribution in [2.75, 3.05) is 15.8 Å². The highest BCUT2D eigenvalue weighted by Gasteiger charge is 2.19. The number of rotatable bonds is 8. The highest BCUT2D eigenvalue weighted by Crippen LogP contribution is 2.24. The van der Waals surface area contributed by atoms with Crippen molar-refractivity contribution < 1.29 is 22.7 Å². The van der Waals surface area contributed by atoms with E-state index in [1.165, 1.54) is 44.4 Å². The van der Waals surface area contributed by atoms with Crippen LogP contribution in [-0.2, 0) is 23.5 Å². The van der Waals surface area contributed by atoms with Gasteiger partial charge in [-0.15, -0.1) is 0 Å². The summed E-state index contributed by atoms with van der Waals surface area (Å²) in [7, 11) is -2.14. The lowest BCUT2D eigenvalue weighted by Gasteiger charge is -2.16. The molecule has 0 atom stereocenters. The predicted octanol–water partition coefficient (Wildman–Crippen LogP) is 3.02. The third-order valence-electron chi connectivity index (χ3n) is 4.96. The Morgan fingerprint density at radius 3 is 2.58 bits per heavy atom. The van der Waals surface area contributed by atoms with Crippen molar-refractivity contribution in [2.45, 2.75) is 20.3 Å². The van der Waals surface area contributed by atoms with Crippen LogP contribution >= 0.6 is 0 Å². The second kappa shape index (κ2) is 9.41. The van der Waals surface area contributed by atoms with Crippen LogP contribution in [0.4, 0.5) is 21.7 Å². The average molecular weight is 475 g/mol. The Kier molecular flexibility index (Phi) is 6.82. The van der Waals surface area contributed by atoms with Crippen molar-refractivity contribution >= 4 is 33.3 Å². The molecule has 33 heavy (non-hydrogen) atoms. The molecule has 3 aromatic rings. The molecule has 3 N–H and O–H groups in total. The van der Waals surface area contributed by atoms with Crippen molar-refractivity contribution in [2.24, 2.45) is 7.05 Å². The first-order chi connectivity index (χ1) is 15.5. The zero-order valence-corrected chi connectivity index (χ0v) is 19.0. The number of carboxylic acid groups (broad SMARTS) is 1. The number of sulfonamides is 1. The second-order valence-electron chi connectivity index (χ2n) is 7.44. The maximum absolute atomic E-state index is 14.3. The number of anilines is 3. The monoisotopic (exact) mass is 474 g/mol. The molecule has 0 spiro atoms. The van der Waals surface area contributed by atoms with E-state index in [0.29, 0.717) is 11.1 Å². The molecule has 0 radical (unpaired) electrons. The van der Waals surface area contributed by atoms with Gasteiger partial charge in [0, 0.05) is 25.2 Å². The van der Waals surface area contributed by atoms with Crippen LogP contribution in [0.25, 0.3) is 0 Å². The zero-order chi connectivity index (χ0) is 24.3. The molecule has 0 bridgehead atoms. The summed E-state index contributed by atoms with van der Waals surface area (Å²) in [6, 6.07) is 8.72. The number of pyridine rings is 2. The molecule has 0 unspecified atom stereocenters. The Labute approximate surface area is 190 Å². The van der Waals surface area contributed by atoms with E-state index in [-0.39, 0.29) is 40.6 Å². The second-order valence-corrected chi connectivity index (χ2v) is 9.45. The molecule has 2 heterocycles. The van der Waals surface area contributed by atoms with E-state index in [9.17, 15) is 27.5 Å². The summed E-state index contributed by atoms with van der Waals surface area (Å²) in [6.07, 6.45) is 1.43. The third kappa shape index (κ3) is 5.55. The fourth-order valence-corrected chi connectivity index (χ4v) is 3.76. The largest absolute Gasteiger partial charge is 0.478 e. The number of halogens is 1. The molecule has 0 saturated carbocycles. The van der Waals surface area contributed by atoms with Gasteiger partial charge in [-0.1, -0.05) is 6.07 Å². The minimum absolute atomic E-state index is 0.0350. The van der Waals surface area contributed by atoms with E-state index >= 15 is 0 Å². The van der Waals surface area contributed by atoms with E-state index < -0.39 is 27.4 Å². The van der Waals surface area contributed by atoms with Gasteiger partial charge in [0.05, 0.1) is 11.4 Å². The van der Waals surface area contributed by atoms with Crippen LogP contribution in [0.15, 0.2) is 47.4 Å². The molecule has 0 fully saturated rings. The number of nitrogens with zero attached hydrogens (tertiary/aromatic N) is 2. The number of hydrogen-bond donors (Lipinski definition) is 3. The Morgan fingerprint density at radius 2 is 1.94 bits per heavy atom. The van der Waals surface area contributed by atoms with Crippen molar-refractivity contribution in [3.63, 3.8) is 0 Å². The van der Waals surface area contributed by atoms with Gasteiger partial charge < -0.3 is 10.4 Å². The van der Waals surface area contributed by atoms with E-state index in [0.717, 1.165) is 4.57 Å². The molecule has 1 aromatic carbocycles. The third-order valence-corrected chi connectivity index (χ3v) is 6.24. The van der Waals surface area contributed by atoms with Crippen LogP contribution in [0.1, 0.15) is 34.0 Å². The molecule has 2 aromatic heterocycles. The van der Waals surface area contributed by atoms with Crippen LogP contribution in [0.2, 0.25) is 0 Å². The Bertz CT molecular complexity index is 1390. The van der Waals surface area contributed by atoms with Gasteiger partial charge in [0.1, 0.15) is 23.0 Å². The number of aromatic nitrogens is 2. The maximum atomic E-state index is 14.3. The maximum Gasteiger partial charge on any atom is 0.339 e. The number of hydrogen-bond acceptors (Lipinski definition) is 6. The van der Waals surface area contributed by atoms with Crippen LogP contribution in [0.5, 0.6) is 0 Å². The molecule has 0 aliphatic carbocycles. The lowest BCUT2D eigenvalue weighted by atomic mass is 10.0. The van der Waals surface area contributed by atoms with Crippen molar-refractivity contribution in [3.8, 4) is 0 Å². The number of nitrogens with one attached hydrogen (secondary N) is 2. The number of carboxylic acids is 1. The highest BCUT2D eigenvalue weighted by molar-refractivity contribution is 7.92. The van der Waals surface area contributed by atoms with Gasteiger partial charge in [-0.05, 0) is 55.3 Å². The first kappa shape index (κ1) is 23.9. The smallest absolute Gasteiger partial charge is 0.339 e. The molecule has 3 rings (SSSR count). The predicted molar refractivity (Wildman–Crippen MR) is 123 cm³/mol. The van der Waals surface area contributed by atoms with Crippen LogP contribution in [0, 0.1) is 12.7 Å². The minimum Gasteiger partial charge on any atom is -0.478 e. The van der Waals surface area contributed by atoms with Gasteiger partial charge in [-0.3, -0.25) is 14.1 Å². The topological polar surface area (TPSA) is 130 Å². The number of benzene rings is 1. The summed E-state index contributed by atoms with van der Waals surface area (Å²) >= 11 is 0. The summed E-state index contributed by atoms with van der Waals surface area (Å²) in [5.41, 5.74) is 0.750. The normalized spacial score (nSPS) is 11.3. The summed E-state index contributed by atoms with van der Waals surface area (Å²) < 4.78 is 41.3. The lowest BCUT2D eigenvalue weighted by molar-refractivity contribution is 0.0697. The molecule has 0 aliphatic heterocycles. The van der Waals surface area contributed by atoms with Gasteiger partial charge in [0.15, 0.2) is 0 Å². The van der Waals surface area contributed by atoms with Gasteiger partial charge in [-0.25, -0.2) is 22.6 Å². The van der Waals surface area contributed by atoms with E-state index in [2.05, 4.69) is 15.0 Å². The van der Waals surface area contributed by atoms with Gasteiger partial charge in [0.25, 0.3) is 5.56 Å². The average Bonchev–Trinajstić information content (AvgIpc) is 2.74. The highest BCUT2D eigenvalue weighted by atomic mass is 32.2. The SMILES string of the molecule is CCS(=O)(=O)Nc1cc(Cc2cc(C(=O)O)c(Nc3ccc(C)cc3F)n(C)c2=O)ccn1. The Morgan fingerprint density at radius 1 is 1.21 bits per heavy atom. The zero-order valence-electron chi connectivity index (χ0n) is 18.2. The van der Waals surface area contributed by atoms with Crippen LogP contribution in [0.3, 0.4) is 0 Å². The summed E-state index contributed by atoms with van der Waals surface area (Å²) in [5.74, 6) is -1.98. The van der Waals surface area contributed by atoms with Gasteiger partial charge in [-0.2, -0.15) is 0 Å². The quantitative estimate of drug-likeness (QED) is 0.457. The summed E-state index contributed by atoms with van der Waals surface area (Å²) in [6.45, 7) is 3.21. The van der Waals surface area contributed by atoms with Crippen molar-refractivity contribution in [1.29, 1.82) is 0 Å². The number of carbonyl (C=O) groups is 1. The van der Waals surface area contributed by atoms with Gasteiger partial charge in [0.2, 0.25) is 10.0 Å². The Balaban J connectivity index is 2.00. The van der Waals surface area contributed by atoms with E-state index in [4.69, 9.17) is 0 Å². The lowest BCUT2D eigenvalue weighted by Crippen LogP contribution is -2.26. The first-order valence-corrected chi connectivity index (χ1v) is 11.6. The number of aromatic carboxylic acids is 1. The minimum atomic E-state index is -3.53. The first-order valence-electron chi connectivity index (χ1n) is 9.95. The van der Waals surface area contributed by atoms with Crippen molar-refractivity contribution in [3.05, 3.63) is 81.0 Å². The van der Waals surface area contributed by atoms with E-state index in [1.54, 1.807) is 19.1 Å². The van der Waals surface area contributed by atoms with Crippen LogP contribution in [-0.4, -0.2) is 34.8 Å². The fraction of sp³-hybridized carbons (Fsp3) is 0.227. The number of aryl methyl sites for hydroxylation is 1. The summed E-state index contributed by atoms with van der Waals surface area (Å²) in [4.78, 5) is 28.9.